The zero-order valence-electron chi connectivity index (χ0n) is 18.1. The standard InChI is InChI=1S/C25H32N2O4/c28-22(13-25-10-17-7-18(11-25)9-19(8-17)12-25)26-14-24(30)31-16-23(29)27-6-5-20-3-1-2-4-21(20)15-27/h1-4,17-19H,5-16H2,(H,26,28). The summed E-state index contributed by atoms with van der Waals surface area (Å²) in [5.74, 6) is 1.61. The maximum absolute atomic E-state index is 12.5. The average Bonchev–Trinajstić information content (AvgIpc) is 2.74. The summed E-state index contributed by atoms with van der Waals surface area (Å²) >= 11 is 0. The van der Waals surface area contributed by atoms with E-state index in [0.29, 0.717) is 19.5 Å². The van der Waals surface area contributed by atoms with Crippen LogP contribution in [0.2, 0.25) is 0 Å². The van der Waals surface area contributed by atoms with Crippen LogP contribution in [0.5, 0.6) is 0 Å². The zero-order valence-corrected chi connectivity index (χ0v) is 18.1. The van der Waals surface area contributed by atoms with Gasteiger partial charge >= 0.3 is 5.97 Å². The molecule has 0 spiro atoms. The summed E-state index contributed by atoms with van der Waals surface area (Å²) in [7, 11) is 0. The third-order valence-corrected chi connectivity index (χ3v) is 7.97. The smallest absolute Gasteiger partial charge is 0.325 e. The molecule has 1 aromatic rings. The summed E-state index contributed by atoms with van der Waals surface area (Å²) < 4.78 is 5.14. The monoisotopic (exact) mass is 424 g/mol. The molecule has 4 bridgehead atoms. The second-order valence-corrected chi connectivity index (χ2v) is 10.4. The van der Waals surface area contributed by atoms with Gasteiger partial charge in [-0.05, 0) is 79.2 Å². The lowest BCUT2D eigenvalue weighted by molar-refractivity contribution is -0.152. The predicted molar refractivity (Wildman–Crippen MR) is 115 cm³/mol. The van der Waals surface area contributed by atoms with E-state index in [1.54, 1.807) is 4.90 Å². The quantitative estimate of drug-likeness (QED) is 0.713. The Kier molecular flexibility index (Phi) is 5.49. The number of nitrogens with one attached hydrogen (secondary N) is 1. The fourth-order valence-electron chi connectivity index (χ4n) is 7.07. The van der Waals surface area contributed by atoms with Crippen molar-refractivity contribution in [3.05, 3.63) is 35.4 Å². The van der Waals surface area contributed by atoms with Crippen molar-refractivity contribution in [2.45, 2.75) is 57.9 Å². The van der Waals surface area contributed by atoms with Crippen LogP contribution in [0.25, 0.3) is 0 Å². The minimum Gasteiger partial charge on any atom is -0.454 e. The van der Waals surface area contributed by atoms with Gasteiger partial charge in [0.25, 0.3) is 5.91 Å². The Balaban J connectivity index is 1.04. The van der Waals surface area contributed by atoms with Gasteiger partial charge in [-0.25, -0.2) is 0 Å². The van der Waals surface area contributed by atoms with E-state index >= 15 is 0 Å². The van der Waals surface area contributed by atoms with Crippen molar-refractivity contribution >= 4 is 17.8 Å². The molecule has 6 nitrogen and oxygen atoms in total. The summed E-state index contributed by atoms with van der Waals surface area (Å²) in [4.78, 5) is 38.8. The van der Waals surface area contributed by atoms with Gasteiger partial charge in [0.15, 0.2) is 6.61 Å². The van der Waals surface area contributed by atoms with Crippen LogP contribution >= 0.6 is 0 Å². The molecule has 0 aromatic heterocycles. The van der Waals surface area contributed by atoms with Crippen LogP contribution < -0.4 is 5.32 Å². The predicted octanol–water partition coefficient (Wildman–Crippen LogP) is 2.84. The van der Waals surface area contributed by atoms with Gasteiger partial charge in [0, 0.05) is 19.5 Å². The Morgan fingerprint density at radius 3 is 2.32 bits per heavy atom. The van der Waals surface area contributed by atoms with Crippen molar-refractivity contribution in [3.8, 4) is 0 Å². The molecule has 4 aliphatic carbocycles. The highest BCUT2D eigenvalue weighted by Crippen LogP contribution is 2.61. The van der Waals surface area contributed by atoms with Crippen LogP contribution in [0, 0.1) is 23.2 Å². The number of benzene rings is 1. The molecule has 2 amide bonds. The fraction of sp³-hybridized carbons (Fsp3) is 0.640. The maximum Gasteiger partial charge on any atom is 0.325 e. The van der Waals surface area contributed by atoms with Crippen molar-refractivity contribution in [2.24, 2.45) is 23.2 Å². The summed E-state index contributed by atoms with van der Waals surface area (Å²) in [6.07, 6.45) is 8.91. The number of amides is 2. The molecule has 31 heavy (non-hydrogen) atoms. The van der Waals surface area contributed by atoms with Gasteiger partial charge in [0.1, 0.15) is 6.54 Å². The zero-order chi connectivity index (χ0) is 21.4. The molecule has 6 heteroatoms. The third kappa shape index (κ3) is 4.48. The molecule has 0 radical (unpaired) electrons. The van der Waals surface area contributed by atoms with Crippen LogP contribution in [-0.2, 0) is 32.1 Å². The van der Waals surface area contributed by atoms with E-state index in [0.717, 1.165) is 29.7 Å². The Labute approximate surface area is 183 Å². The molecule has 1 aromatic carbocycles. The first-order valence-corrected chi connectivity index (χ1v) is 11.7. The van der Waals surface area contributed by atoms with Crippen LogP contribution in [-0.4, -0.2) is 42.4 Å². The molecule has 1 aliphatic heterocycles. The van der Waals surface area contributed by atoms with Gasteiger partial charge in [0.2, 0.25) is 5.91 Å². The number of hydrogen-bond acceptors (Lipinski definition) is 4. The molecular weight excluding hydrogens is 392 g/mol. The first-order valence-electron chi connectivity index (χ1n) is 11.7. The Morgan fingerprint density at radius 2 is 1.65 bits per heavy atom. The second-order valence-electron chi connectivity index (χ2n) is 10.4. The summed E-state index contributed by atoms with van der Waals surface area (Å²) in [6.45, 7) is 0.747. The van der Waals surface area contributed by atoms with Crippen LogP contribution in [0.1, 0.15) is 56.1 Å². The molecule has 166 valence electrons. The number of carbonyl (C=O) groups is 3. The van der Waals surface area contributed by atoms with Gasteiger partial charge in [-0.1, -0.05) is 24.3 Å². The van der Waals surface area contributed by atoms with Crippen molar-refractivity contribution in [3.63, 3.8) is 0 Å². The minimum atomic E-state index is -0.551. The number of rotatable bonds is 6. The minimum absolute atomic E-state index is 0.0575. The number of carbonyl (C=O) groups excluding carboxylic acids is 3. The van der Waals surface area contributed by atoms with Crippen molar-refractivity contribution in [1.82, 2.24) is 10.2 Å². The third-order valence-electron chi connectivity index (χ3n) is 7.97. The Morgan fingerprint density at radius 1 is 1.00 bits per heavy atom. The van der Waals surface area contributed by atoms with E-state index in [1.807, 2.05) is 18.2 Å². The molecule has 5 aliphatic rings. The Hall–Kier alpha value is -2.37. The van der Waals surface area contributed by atoms with Gasteiger partial charge in [-0.3, -0.25) is 14.4 Å². The van der Waals surface area contributed by atoms with E-state index in [1.165, 1.54) is 44.1 Å². The van der Waals surface area contributed by atoms with Crippen LogP contribution in [0.3, 0.4) is 0 Å². The van der Waals surface area contributed by atoms with Gasteiger partial charge in [-0.2, -0.15) is 0 Å². The van der Waals surface area contributed by atoms with Gasteiger partial charge in [0.05, 0.1) is 0 Å². The summed E-state index contributed by atoms with van der Waals surface area (Å²) in [5.41, 5.74) is 2.57. The molecular formula is C25H32N2O4. The lowest BCUT2D eigenvalue weighted by Crippen LogP contribution is -2.48. The first-order chi connectivity index (χ1) is 15.0. The van der Waals surface area contributed by atoms with E-state index in [2.05, 4.69) is 11.4 Å². The lowest BCUT2D eigenvalue weighted by Gasteiger charge is -2.56. The van der Waals surface area contributed by atoms with Crippen molar-refractivity contribution < 1.29 is 19.1 Å². The second kappa shape index (κ2) is 8.29. The topological polar surface area (TPSA) is 75.7 Å². The molecule has 0 unspecified atom stereocenters. The van der Waals surface area contributed by atoms with Gasteiger partial charge < -0.3 is 15.0 Å². The summed E-state index contributed by atoms with van der Waals surface area (Å²) in [5, 5.41) is 2.74. The molecule has 1 heterocycles. The molecule has 4 fully saturated rings. The highest BCUT2D eigenvalue weighted by molar-refractivity contribution is 5.84. The number of hydrogen-bond donors (Lipinski definition) is 1. The number of fused-ring (bicyclic) bond motifs is 1. The fourth-order valence-corrected chi connectivity index (χ4v) is 7.07. The van der Waals surface area contributed by atoms with E-state index < -0.39 is 5.97 Å². The first kappa shape index (κ1) is 20.5. The Bertz CT molecular complexity index is 845. The maximum atomic E-state index is 12.5. The SMILES string of the molecule is O=C(CC12CC3CC(CC(C3)C1)C2)NCC(=O)OCC(=O)N1CCc2ccccc2C1. The molecule has 4 saturated carbocycles. The largest absolute Gasteiger partial charge is 0.454 e. The molecule has 6 rings (SSSR count). The lowest BCUT2D eigenvalue weighted by atomic mass is 9.49. The average molecular weight is 425 g/mol. The van der Waals surface area contributed by atoms with Crippen molar-refractivity contribution in [2.75, 3.05) is 19.7 Å². The highest BCUT2D eigenvalue weighted by atomic mass is 16.5. The van der Waals surface area contributed by atoms with E-state index in [9.17, 15) is 14.4 Å². The van der Waals surface area contributed by atoms with E-state index in [-0.39, 0.29) is 30.4 Å². The van der Waals surface area contributed by atoms with E-state index in [4.69, 9.17) is 4.74 Å². The number of nitrogens with zero attached hydrogens (tertiary/aromatic N) is 1. The molecule has 0 saturated heterocycles. The number of ether oxygens (including phenoxy) is 1. The van der Waals surface area contributed by atoms with Crippen molar-refractivity contribution in [1.29, 1.82) is 0 Å². The van der Waals surface area contributed by atoms with Crippen LogP contribution in [0.4, 0.5) is 0 Å². The van der Waals surface area contributed by atoms with Crippen LogP contribution in [0.15, 0.2) is 24.3 Å². The number of esters is 1. The summed E-state index contributed by atoms with van der Waals surface area (Å²) in [6, 6.07) is 8.10. The van der Waals surface area contributed by atoms with Gasteiger partial charge in [-0.15, -0.1) is 0 Å². The molecule has 0 atom stereocenters. The normalized spacial score (nSPS) is 30.6. The molecule has 1 N–H and O–H groups in total. The highest BCUT2D eigenvalue weighted by Gasteiger charge is 2.51.